The molecule has 8 aromatic carbocycles. The number of aliphatic imine (C=N–C) groups is 1. The van der Waals surface area contributed by atoms with Gasteiger partial charge >= 0.3 is 0 Å². The van der Waals surface area contributed by atoms with E-state index < -0.39 is 0 Å². The van der Waals surface area contributed by atoms with Crippen molar-refractivity contribution in [2.45, 2.75) is 18.9 Å². The maximum Gasteiger partial charge on any atom is 0.135 e. The molecule has 12 rings (SSSR count). The van der Waals surface area contributed by atoms with Crippen LogP contribution in [0, 0.1) is 0 Å². The van der Waals surface area contributed by atoms with Crippen molar-refractivity contribution in [2.75, 3.05) is 0 Å². The van der Waals surface area contributed by atoms with E-state index in [0.29, 0.717) is 0 Å². The molecule has 0 N–H and O–H groups in total. The first-order valence-corrected chi connectivity index (χ1v) is 20.8. The fraction of sp³-hybridized carbons (Fsp3) is 0.0556. The molecule has 1 aliphatic heterocycles. The molecule has 4 heterocycles. The molecule has 0 saturated carbocycles. The van der Waals surface area contributed by atoms with Crippen molar-refractivity contribution in [1.29, 1.82) is 0 Å². The van der Waals surface area contributed by atoms with Gasteiger partial charge in [-0.1, -0.05) is 115 Å². The predicted octanol–water partition coefficient (Wildman–Crippen LogP) is 15.1. The van der Waals surface area contributed by atoms with Crippen LogP contribution in [0.25, 0.3) is 86.3 Å². The van der Waals surface area contributed by atoms with E-state index in [1.165, 1.54) is 75.5 Å². The molecule has 58 heavy (non-hydrogen) atoms. The van der Waals surface area contributed by atoms with Gasteiger partial charge in [-0.3, -0.25) is 4.99 Å². The molecular weight excluding hydrogens is 725 g/mol. The summed E-state index contributed by atoms with van der Waals surface area (Å²) in [5.41, 5.74) is 13.9. The van der Waals surface area contributed by atoms with Gasteiger partial charge in [0.05, 0.1) is 22.8 Å². The number of benzene rings is 8. The van der Waals surface area contributed by atoms with Gasteiger partial charge in [0.1, 0.15) is 11.2 Å². The number of thiophene rings is 1. The SMILES string of the molecule is C1=C(c2ccc3oc4ccccc4c3c2)CCC(c2cccc3sc4ccc(-c5ccc6c(c5)c5ccccc5n6-c5ccccc5)cc4c23)N=C1c1ccccc1. The van der Waals surface area contributed by atoms with Gasteiger partial charge in [0.15, 0.2) is 0 Å². The standard InChI is InChI=1S/C54H36N2OS/c1-3-12-34(13-4-1)47-33-38(36-24-28-51-44(31-36)41-17-8-10-20-50(41)57-51)22-26-46(55-47)42-18-11-21-53-54(42)45-32-37(25-29-52(45)58-53)35-23-27-49-43(30-35)40-16-7-9-19-48(40)56(49)39-14-5-2-6-15-39/h1-21,23-25,27-33,46H,22,26H2. The zero-order valence-electron chi connectivity index (χ0n) is 31.6. The van der Waals surface area contributed by atoms with Crippen LogP contribution in [0.15, 0.2) is 197 Å². The zero-order chi connectivity index (χ0) is 38.2. The molecule has 0 amide bonds. The van der Waals surface area contributed by atoms with Gasteiger partial charge in [0.2, 0.25) is 0 Å². The fourth-order valence-corrected chi connectivity index (χ4v) is 10.4. The maximum atomic E-state index is 6.20. The lowest BCUT2D eigenvalue weighted by Crippen LogP contribution is -2.01. The van der Waals surface area contributed by atoms with E-state index in [9.17, 15) is 0 Å². The second-order valence-corrected chi connectivity index (χ2v) is 16.5. The molecule has 0 fully saturated rings. The summed E-state index contributed by atoms with van der Waals surface area (Å²) in [6.45, 7) is 0. The first-order valence-electron chi connectivity index (χ1n) is 20.0. The van der Waals surface area contributed by atoms with Crippen molar-refractivity contribution < 1.29 is 4.42 Å². The molecule has 3 nitrogen and oxygen atoms in total. The number of rotatable bonds is 5. The third-order valence-electron chi connectivity index (χ3n) is 12.0. The normalized spacial score (nSPS) is 14.8. The minimum Gasteiger partial charge on any atom is -0.456 e. The van der Waals surface area contributed by atoms with Crippen LogP contribution in [0.1, 0.15) is 35.6 Å². The molecule has 0 bridgehead atoms. The highest BCUT2D eigenvalue weighted by Crippen LogP contribution is 2.44. The predicted molar refractivity (Wildman–Crippen MR) is 246 cm³/mol. The Morgan fingerprint density at radius 2 is 1.19 bits per heavy atom. The van der Waals surface area contributed by atoms with Gasteiger partial charge in [-0.2, -0.15) is 0 Å². The molecule has 4 heteroatoms. The lowest BCUT2D eigenvalue weighted by Gasteiger charge is -2.15. The van der Waals surface area contributed by atoms with E-state index in [4.69, 9.17) is 9.41 Å². The second-order valence-electron chi connectivity index (χ2n) is 15.4. The van der Waals surface area contributed by atoms with Crippen LogP contribution in [0.4, 0.5) is 0 Å². The van der Waals surface area contributed by atoms with Crippen molar-refractivity contribution in [3.05, 3.63) is 205 Å². The number of allylic oxidation sites excluding steroid dienone is 2. The number of nitrogens with zero attached hydrogens (tertiary/aromatic N) is 2. The smallest absolute Gasteiger partial charge is 0.135 e. The molecular formula is C54H36N2OS. The molecule has 0 aliphatic carbocycles. The van der Waals surface area contributed by atoms with E-state index in [-0.39, 0.29) is 6.04 Å². The van der Waals surface area contributed by atoms with Gasteiger partial charge < -0.3 is 8.98 Å². The summed E-state index contributed by atoms with van der Waals surface area (Å²) >= 11 is 1.88. The van der Waals surface area contributed by atoms with E-state index in [2.05, 4.69) is 181 Å². The summed E-state index contributed by atoms with van der Waals surface area (Å²) in [4.78, 5) is 5.63. The second kappa shape index (κ2) is 13.3. The first-order chi connectivity index (χ1) is 28.7. The molecule has 11 aromatic rings. The summed E-state index contributed by atoms with van der Waals surface area (Å²) in [5, 5.41) is 7.45. The fourth-order valence-electron chi connectivity index (χ4n) is 9.26. The monoisotopic (exact) mass is 760 g/mol. The minimum absolute atomic E-state index is 0.00642. The van der Waals surface area contributed by atoms with E-state index in [0.717, 1.165) is 46.1 Å². The van der Waals surface area contributed by atoms with Crippen molar-refractivity contribution >= 4 is 86.5 Å². The highest BCUT2D eigenvalue weighted by Gasteiger charge is 2.23. The van der Waals surface area contributed by atoms with E-state index in [1.54, 1.807) is 0 Å². The van der Waals surface area contributed by atoms with Crippen molar-refractivity contribution in [1.82, 2.24) is 4.57 Å². The number of aromatic nitrogens is 1. The average molecular weight is 761 g/mol. The summed E-state index contributed by atoms with van der Waals surface area (Å²) in [5.74, 6) is 0. The Balaban J connectivity index is 0.971. The first kappa shape index (κ1) is 33.2. The Kier molecular flexibility index (Phi) is 7.60. The van der Waals surface area contributed by atoms with Crippen LogP contribution in [0.2, 0.25) is 0 Å². The molecule has 1 unspecified atom stereocenters. The summed E-state index contributed by atoms with van der Waals surface area (Å²) in [6.07, 6.45) is 4.14. The average Bonchev–Trinajstić information content (AvgIpc) is 3.90. The van der Waals surface area contributed by atoms with Crippen LogP contribution >= 0.6 is 11.3 Å². The Morgan fingerprint density at radius 1 is 0.500 bits per heavy atom. The highest BCUT2D eigenvalue weighted by molar-refractivity contribution is 7.25. The molecule has 1 aliphatic rings. The molecule has 3 aromatic heterocycles. The van der Waals surface area contributed by atoms with Gasteiger partial charge in [0, 0.05) is 47.4 Å². The van der Waals surface area contributed by atoms with Crippen LogP contribution in [-0.2, 0) is 0 Å². The number of hydrogen-bond acceptors (Lipinski definition) is 3. The largest absolute Gasteiger partial charge is 0.456 e. The zero-order valence-corrected chi connectivity index (χ0v) is 32.4. The summed E-state index contributed by atoms with van der Waals surface area (Å²) in [7, 11) is 0. The topological polar surface area (TPSA) is 30.4 Å². The molecule has 0 saturated heterocycles. The van der Waals surface area contributed by atoms with Gasteiger partial charge in [0.25, 0.3) is 0 Å². The number of furan rings is 1. The number of fused-ring (bicyclic) bond motifs is 9. The molecule has 274 valence electrons. The Labute approximate surface area is 339 Å². The minimum atomic E-state index is -0.00642. The van der Waals surface area contributed by atoms with E-state index in [1.807, 2.05) is 23.5 Å². The Bertz CT molecular complexity index is 3460. The van der Waals surface area contributed by atoms with Gasteiger partial charge in [-0.05, 0) is 119 Å². The van der Waals surface area contributed by atoms with Crippen LogP contribution < -0.4 is 0 Å². The molecule has 0 radical (unpaired) electrons. The van der Waals surface area contributed by atoms with Crippen LogP contribution in [-0.4, -0.2) is 10.3 Å². The molecule has 1 atom stereocenters. The lowest BCUT2D eigenvalue weighted by molar-refractivity contribution is 0.668. The van der Waals surface area contributed by atoms with Crippen molar-refractivity contribution in [2.24, 2.45) is 4.99 Å². The third-order valence-corrected chi connectivity index (χ3v) is 13.2. The lowest BCUT2D eigenvalue weighted by atomic mass is 9.93. The van der Waals surface area contributed by atoms with Crippen LogP contribution in [0.3, 0.4) is 0 Å². The van der Waals surface area contributed by atoms with Gasteiger partial charge in [-0.15, -0.1) is 11.3 Å². The van der Waals surface area contributed by atoms with Crippen molar-refractivity contribution in [3.8, 4) is 16.8 Å². The number of hydrogen-bond donors (Lipinski definition) is 0. The van der Waals surface area contributed by atoms with Crippen LogP contribution in [0.5, 0.6) is 0 Å². The Hall–Kier alpha value is -7.01. The maximum absolute atomic E-state index is 6.20. The Morgan fingerprint density at radius 3 is 2.07 bits per heavy atom. The van der Waals surface area contributed by atoms with Gasteiger partial charge in [-0.25, -0.2) is 0 Å². The summed E-state index contributed by atoms with van der Waals surface area (Å²) in [6, 6.07) is 65.9. The summed E-state index contributed by atoms with van der Waals surface area (Å²) < 4.78 is 11.2. The highest BCUT2D eigenvalue weighted by atomic mass is 32.1. The van der Waals surface area contributed by atoms with Crippen molar-refractivity contribution in [3.63, 3.8) is 0 Å². The molecule has 0 spiro atoms. The quantitative estimate of drug-likeness (QED) is 0.172. The third kappa shape index (κ3) is 5.37. The number of para-hydroxylation sites is 3. The van der Waals surface area contributed by atoms with E-state index >= 15 is 0 Å².